The highest BCUT2D eigenvalue weighted by molar-refractivity contribution is 7.98. The third-order valence-corrected chi connectivity index (χ3v) is 5.76. The third kappa shape index (κ3) is 2.75. The van der Waals surface area contributed by atoms with Crippen LogP contribution in [0, 0.1) is 13.8 Å². The number of thioether (sulfide) groups is 1. The van der Waals surface area contributed by atoms with Crippen molar-refractivity contribution in [3.8, 4) is 0 Å². The van der Waals surface area contributed by atoms with Crippen molar-refractivity contribution in [2.45, 2.75) is 24.8 Å². The second-order valence-corrected chi connectivity index (χ2v) is 7.77. The number of fused-ring (bicyclic) bond motifs is 4. The van der Waals surface area contributed by atoms with Crippen molar-refractivity contribution in [1.82, 2.24) is 24.0 Å². The Balaban J connectivity index is 1.56. The predicted octanol–water partition coefficient (Wildman–Crippen LogP) is 3.80. The summed E-state index contributed by atoms with van der Waals surface area (Å²) in [6, 6.07) is 15.7. The molecule has 0 radical (unpaired) electrons. The van der Waals surface area contributed by atoms with E-state index in [0.717, 1.165) is 27.6 Å². The third-order valence-electron chi connectivity index (χ3n) is 4.80. The van der Waals surface area contributed by atoms with E-state index in [2.05, 4.69) is 38.6 Å². The zero-order valence-electron chi connectivity index (χ0n) is 15.5. The average Bonchev–Trinajstić information content (AvgIpc) is 3.09. The lowest BCUT2D eigenvalue weighted by atomic mass is 10.1. The number of rotatable bonds is 3. The first-order chi connectivity index (χ1) is 13.6. The van der Waals surface area contributed by atoms with Crippen LogP contribution in [0.3, 0.4) is 0 Å². The molecule has 4 heterocycles. The number of nitrogens with zero attached hydrogens (tertiary/aromatic N) is 5. The summed E-state index contributed by atoms with van der Waals surface area (Å²) in [4.78, 5) is 17.0. The van der Waals surface area contributed by atoms with Crippen LogP contribution in [-0.2, 0) is 5.75 Å². The highest BCUT2D eigenvalue weighted by Crippen LogP contribution is 2.27. The second-order valence-electron chi connectivity index (χ2n) is 6.83. The number of aromatic nitrogens is 5. The van der Waals surface area contributed by atoms with Gasteiger partial charge in [-0.2, -0.15) is 0 Å². The lowest BCUT2D eigenvalue weighted by Gasteiger charge is -2.07. The number of benzene rings is 1. The fourth-order valence-electron chi connectivity index (χ4n) is 3.43. The molecule has 0 saturated heterocycles. The number of hydrogen-bond donors (Lipinski definition) is 0. The van der Waals surface area contributed by atoms with Crippen molar-refractivity contribution < 1.29 is 0 Å². The van der Waals surface area contributed by atoms with E-state index in [1.165, 1.54) is 22.7 Å². The molecule has 0 unspecified atom stereocenters. The summed E-state index contributed by atoms with van der Waals surface area (Å²) in [6.45, 7) is 4.07. The predicted molar refractivity (Wildman–Crippen MR) is 111 cm³/mol. The molecule has 5 rings (SSSR count). The Labute approximate surface area is 164 Å². The van der Waals surface area contributed by atoms with Crippen molar-refractivity contribution >= 4 is 34.0 Å². The molecule has 28 heavy (non-hydrogen) atoms. The van der Waals surface area contributed by atoms with Crippen LogP contribution in [-0.4, -0.2) is 24.0 Å². The zero-order valence-corrected chi connectivity index (χ0v) is 16.3. The topological polar surface area (TPSA) is 64.6 Å². The number of para-hydroxylation sites is 1. The number of aryl methyl sites for hydroxylation is 2. The Morgan fingerprint density at radius 2 is 1.86 bits per heavy atom. The van der Waals surface area contributed by atoms with Gasteiger partial charge in [-0.1, -0.05) is 30.0 Å². The van der Waals surface area contributed by atoms with Gasteiger partial charge < -0.3 is 0 Å². The molecule has 0 saturated carbocycles. The molecule has 1 aromatic carbocycles. The molecule has 0 amide bonds. The van der Waals surface area contributed by atoms with Crippen LogP contribution < -0.4 is 5.56 Å². The summed E-state index contributed by atoms with van der Waals surface area (Å²) in [7, 11) is 0. The molecule has 0 aliphatic heterocycles. The largest absolute Gasteiger partial charge is 0.270 e. The summed E-state index contributed by atoms with van der Waals surface area (Å²) in [5, 5.41) is 10.7. The minimum absolute atomic E-state index is 0.0761. The first-order valence-electron chi connectivity index (χ1n) is 8.95. The normalized spacial score (nSPS) is 11.6. The molecule has 0 aliphatic rings. The van der Waals surface area contributed by atoms with Crippen LogP contribution in [0.1, 0.15) is 16.8 Å². The molecular weight excluding hydrogens is 370 g/mol. The van der Waals surface area contributed by atoms with Gasteiger partial charge in [-0.05, 0) is 49.2 Å². The molecule has 4 aromatic heterocycles. The smallest absolute Gasteiger partial charge is 0.258 e. The Bertz CT molecular complexity index is 1420. The Morgan fingerprint density at radius 3 is 2.75 bits per heavy atom. The fraction of sp³-hybridized carbons (Fsp3) is 0.143. The molecule has 0 bridgehead atoms. The van der Waals surface area contributed by atoms with Gasteiger partial charge in [0.1, 0.15) is 5.65 Å². The second kappa shape index (κ2) is 6.45. The highest BCUT2D eigenvalue weighted by atomic mass is 32.2. The standard InChI is InChI=1S/C21H17N5OS/c1-13-7-8-25-18(9-13)22-15(11-20(25)27)12-28-21-24-23-19-10-14(2)16-5-3-4-6-17(16)26(19)21/h3-11H,12H2,1-2H3. The summed E-state index contributed by atoms with van der Waals surface area (Å²) < 4.78 is 3.62. The van der Waals surface area contributed by atoms with Gasteiger partial charge >= 0.3 is 0 Å². The van der Waals surface area contributed by atoms with Crippen molar-refractivity contribution in [3.05, 3.63) is 81.9 Å². The highest BCUT2D eigenvalue weighted by Gasteiger charge is 2.12. The summed E-state index contributed by atoms with van der Waals surface area (Å²) in [5.41, 5.74) is 5.46. The van der Waals surface area contributed by atoms with Crippen LogP contribution in [0.5, 0.6) is 0 Å². The van der Waals surface area contributed by atoms with E-state index in [-0.39, 0.29) is 5.56 Å². The average molecular weight is 387 g/mol. The fourth-order valence-corrected chi connectivity index (χ4v) is 4.28. The van der Waals surface area contributed by atoms with Gasteiger partial charge in [0.25, 0.3) is 5.56 Å². The molecule has 0 spiro atoms. The Morgan fingerprint density at radius 1 is 1.00 bits per heavy atom. The van der Waals surface area contributed by atoms with Gasteiger partial charge in [0, 0.05) is 23.4 Å². The van der Waals surface area contributed by atoms with Crippen molar-refractivity contribution in [1.29, 1.82) is 0 Å². The quantitative estimate of drug-likeness (QED) is 0.441. The molecule has 0 atom stereocenters. The van der Waals surface area contributed by atoms with Gasteiger partial charge in [0.05, 0.1) is 11.2 Å². The first kappa shape index (κ1) is 16.9. The van der Waals surface area contributed by atoms with E-state index < -0.39 is 0 Å². The first-order valence-corrected chi connectivity index (χ1v) is 9.94. The molecule has 0 aliphatic carbocycles. The molecule has 0 N–H and O–H groups in total. The van der Waals surface area contributed by atoms with Gasteiger partial charge in [-0.25, -0.2) is 4.98 Å². The van der Waals surface area contributed by atoms with Gasteiger partial charge in [-0.3, -0.25) is 13.6 Å². The minimum Gasteiger partial charge on any atom is -0.270 e. The van der Waals surface area contributed by atoms with Crippen LogP contribution in [0.2, 0.25) is 0 Å². The van der Waals surface area contributed by atoms with Gasteiger partial charge in [-0.15, -0.1) is 10.2 Å². The van der Waals surface area contributed by atoms with E-state index in [9.17, 15) is 4.79 Å². The van der Waals surface area contributed by atoms with E-state index >= 15 is 0 Å². The van der Waals surface area contributed by atoms with Crippen LogP contribution in [0.4, 0.5) is 0 Å². The number of pyridine rings is 2. The Kier molecular flexibility index (Phi) is 3.91. The maximum Gasteiger partial charge on any atom is 0.258 e. The molecule has 6 nitrogen and oxygen atoms in total. The molecular formula is C21H17N5OS. The van der Waals surface area contributed by atoms with Crippen LogP contribution in [0.25, 0.3) is 22.2 Å². The van der Waals surface area contributed by atoms with E-state index in [0.29, 0.717) is 11.4 Å². The van der Waals surface area contributed by atoms with Crippen molar-refractivity contribution in [3.63, 3.8) is 0 Å². The van der Waals surface area contributed by atoms with Gasteiger partial charge in [0.2, 0.25) is 0 Å². The van der Waals surface area contributed by atoms with Crippen molar-refractivity contribution in [2.75, 3.05) is 0 Å². The maximum absolute atomic E-state index is 12.4. The molecule has 7 heteroatoms. The maximum atomic E-state index is 12.4. The summed E-state index contributed by atoms with van der Waals surface area (Å²) in [6.07, 6.45) is 1.76. The van der Waals surface area contributed by atoms with Crippen molar-refractivity contribution in [2.24, 2.45) is 0 Å². The van der Waals surface area contributed by atoms with Crippen LogP contribution >= 0.6 is 11.8 Å². The lowest BCUT2D eigenvalue weighted by molar-refractivity contribution is 0.936. The summed E-state index contributed by atoms with van der Waals surface area (Å²) >= 11 is 1.53. The minimum atomic E-state index is -0.0761. The number of hydrogen-bond acceptors (Lipinski definition) is 5. The van der Waals surface area contributed by atoms with E-state index in [1.807, 2.05) is 37.3 Å². The molecule has 5 aromatic rings. The van der Waals surface area contributed by atoms with Crippen LogP contribution in [0.15, 0.2) is 64.7 Å². The van der Waals surface area contributed by atoms with E-state index in [1.54, 1.807) is 16.7 Å². The molecule has 138 valence electrons. The lowest BCUT2D eigenvalue weighted by Crippen LogP contribution is -2.15. The SMILES string of the molecule is Cc1ccn2c(=O)cc(CSc3nnc4cc(C)c5ccccc5n34)nc2c1. The zero-order chi connectivity index (χ0) is 19.3. The Hall–Kier alpha value is -3.19. The monoisotopic (exact) mass is 387 g/mol. The van der Waals surface area contributed by atoms with Gasteiger partial charge in [0.15, 0.2) is 10.8 Å². The molecule has 0 fully saturated rings. The summed E-state index contributed by atoms with van der Waals surface area (Å²) in [5.74, 6) is 0.544. The van der Waals surface area contributed by atoms with E-state index in [4.69, 9.17) is 0 Å².